The Kier molecular flexibility index (Phi) is 6.03. The van der Waals surface area contributed by atoms with Gasteiger partial charge in [0.05, 0.1) is 0 Å². The summed E-state index contributed by atoms with van der Waals surface area (Å²) in [6.45, 7) is 4.52. The van der Waals surface area contributed by atoms with E-state index in [1.54, 1.807) is 18.6 Å². The average molecular weight is 415 g/mol. The standard InChI is InChI=1S/C26H23F2N3/c1-17-3-5-20(6-4-17)26(23-13-21(27)7-8-24(23)28)22-14-25(30-15-18(22)2)31-16-19-9-11-29-12-10-19/h3-15,26H,16H2,1-2H3,(H,30,31). The molecule has 1 N–H and O–H groups in total. The lowest BCUT2D eigenvalue weighted by Crippen LogP contribution is -2.10. The Bertz CT molecular complexity index is 1180. The van der Waals surface area contributed by atoms with E-state index < -0.39 is 17.6 Å². The van der Waals surface area contributed by atoms with Gasteiger partial charge in [0, 0.05) is 36.6 Å². The molecule has 156 valence electrons. The van der Waals surface area contributed by atoms with Crippen molar-refractivity contribution in [1.29, 1.82) is 0 Å². The lowest BCUT2D eigenvalue weighted by Gasteiger charge is -2.22. The van der Waals surface area contributed by atoms with Gasteiger partial charge in [-0.1, -0.05) is 29.8 Å². The second kappa shape index (κ2) is 9.04. The first kappa shape index (κ1) is 20.7. The predicted molar refractivity (Wildman–Crippen MR) is 119 cm³/mol. The molecule has 2 aromatic carbocycles. The molecule has 4 rings (SSSR count). The van der Waals surface area contributed by atoms with Crippen molar-refractivity contribution in [2.24, 2.45) is 0 Å². The zero-order valence-corrected chi connectivity index (χ0v) is 17.4. The molecule has 1 unspecified atom stereocenters. The molecule has 0 bridgehead atoms. The summed E-state index contributed by atoms with van der Waals surface area (Å²) in [5, 5.41) is 3.31. The third-order valence-corrected chi connectivity index (χ3v) is 5.36. The molecule has 0 saturated heterocycles. The molecule has 0 amide bonds. The third-order valence-electron chi connectivity index (χ3n) is 5.36. The van der Waals surface area contributed by atoms with Gasteiger partial charge in [-0.3, -0.25) is 4.98 Å². The molecule has 4 aromatic rings. The summed E-state index contributed by atoms with van der Waals surface area (Å²) in [5.41, 5.74) is 5.16. The van der Waals surface area contributed by atoms with Gasteiger partial charge in [-0.2, -0.15) is 0 Å². The fourth-order valence-electron chi connectivity index (χ4n) is 3.66. The minimum atomic E-state index is -0.462. The van der Waals surface area contributed by atoms with E-state index in [0.717, 1.165) is 33.9 Å². The molecule has 0 aliphatic heterocycles. The molecular formula is C26H23F2N3. The number of pyridine rings is 2. The highest BCUT2D eigenvalue weighted by Gasteiger charge is 2.23. The van der Waals surface area contributed by atoms with Crippen LogP contribution in [-0.4, -0.2) is 9.97 Å². The van der Waals surface area contributed by atoms with Crippen molar-refractivity contribution in [2.45, 2.75) is 26.3 Å². The van der Waals surface area contributed by atoms with Crippen molar-refractivity contribution >= 4 is 5.82 Å². The molecule has 3 nitrogen and oxygen atoms in total. The molecule has 2 heterocycles. The monoisotopic (exact) mass is 415 g/mol. The summed E-state index contributed by atoms with van der Waals surface area (Å²) in [7, 11) is 0. The van der Waals surface area contributed by atoms with E-state index >= 15 is 0 Å². The van der Waals surface area contributed by atoms with Crippen LogP contribution < -0.4 is 5.32 Å². The maximum absolute atomic E-state index is 14.9. The van der Waals surface area contributed by atoms with Gasteiger partial charge in [-0.25, -0.2) is 13.8 Å². The van der Waals surface area contributed by atoms with Crippen molar-refractivity contribution in [1.82, 2.24) is 9.97 Å². The first-order valence-electron chi connectivity index (χ1n) is 10.1. The van der Waals surface area contributed by atoms with E-state index in [1.807, 2.05) is 56.3 Å². The summed E-state index contributed by atoms with van der Waals surface area (Å²) in [6, 6.07) is 17.3. The Balaban J connectivity index is 1.77. The van der Waals surface area contributed by atoms with Gasteiger partial charge in [-0.15, -0.1) is 0 Å². The number of rotatable bonds is 6. The Morgan fingerprint density at radius 3 is 2.35 bits per heavy atom. The fraction of sp³-hybridized carbons (Fsp3) is 0.154. The van der Waals surface area contributed by atoms with Gasteiger partial charge in [0.25, 0.3) is 0 Å². The molecule has 0 saturated carbocycles. The molecule has 0 spiro atoms. The van der Waals surface area contributed by atoms with Crippen molar-refractivity contribution in [3.63, 3.8) is 0 Å². The number of benzene rings is 2. The van der Waals surface area contributed by atoms with Crippen molar-refractivity contribution < 1.29 is 8.78 Å². The van der Waals surface area contributed by atoms with Crippen LogP contribution in [0.25, 0.3) is 0 Å². The number of nitrogens with one attached hydrogen (secondary N) is 1. The van der Waals surface area contributed by atoms with Gasteiger partial charge in [0.15, 0.2) is 0 Å². The first-order chi connectivity index (χ1) is 15.0. The van der Waals surface area contributed by atoms with Crippen molar-refractivity contribution in [2.75, 3.05) is 5.32 Å². The average Bonchev–Trinajstić information content (AvgIpc) is 2.78. The molecule has 2 aromatic heterocycles. The molecular weight excluding hydrogens is 392 g/mol. The number of hydrogen-bond acceptors (Lipinski definition) is 3. The Morgan fingerprint density at radius 2 is 1.61 bits per heavy atom. The number of anilines is 1. The van der Waals surface area contributed by atoms with E-state index in [1.165, 1.54) is 12.1 Å². The van der Waals surface area contributed by atoms with E-state index in [4.69, 9.17) is 0 Å². The van der Waals surface area contributed by atoms with Crippen molar-refractivity contribution in [3.8, 4) is 0 Å². The molecule has 0 aliphatic rings. The van der Waals surface area contributed by atoms with Crippen molar-refractivity contribution in [3.05, 3.63) is 124 Å². The summed E-state index contributed by atoms with van der Waals surface area (Å²) in [4.78, 5) is 8.51. The van der Waals surface area contributed by atoms with Crippen LogP contribution in [-0.2, 0) is 6.54 Å². The lowest BCUT2D eigenvalue weighted by molar-refractivity contribution is 0.582. The highest BCUT2D eigenvalue weighted by atomic mass is 19.1. The molecule has 0 fully saturated rings. The Hall–Kier alpha value is -3.60. The smallest absolute Gasteiger partial charge is 0.127 e. The van der Waals surface area contributed by atoms with Crippen LogP contribution in [0.15, 0.2) is 79.3 Å². The van der Waals surface area contributed by atoms with E-state index in [2.05, 4.69) is 15.3 Å². The van der Waals surface area contributed by atoms with Crippen LogP contribution >= 0.6 is 0 Å². The number of hydrogen-bond donors (Lipinski definition) is 1. The van der Waals surface area contributed by atoms with Gasteiger partial charge in [-0.05, 0) is 72.5 Å². The van der Waals surface area contributed by atoms with Gasteiger partial charge >= 0.3 is 0 Å². The zero-order chi connectivity index (χ0) is 21.8. The molecule has 0 aliphatic carbocycles. The van der Waals surface area contributed by atoms with Crippen LogP contribution in [0, 0.1) is 25.5 Å². The topological polar surface area (TPSA) is 37.8 Å². The van der Waals surface area contributed by atoms with Crippen LogP contribution in [0.3, 0.4) is 0 Å². The second-order valence-electron chi connectivity index (χ2n) is 7.64. The molecule has 0 radical (unpaired) electrons. The SMILES string of the molecule is Cc1ccc(C(c2cc(NCc3ccncc3)ncc2C)c2cc(F)ccc2F)cc1. The number of nitrogens with zero attached hydrogens (tertiary/aromatic N) is 2. The molecule has 1 atom stereocenters. The first-order valence-corrected chi connectivity index (χ1v) is 10.1. The zero-order valence-electron chi connectivity index (χ0n) is 17.4. The van der Waals surface area contributed by atoms with E-state index in [-0.39, 0.29) is 0 Å². The number of halogens is 2. The fourth-order valence-corrected chi connectivity index (χ4v) is 3.66. The maximum Gasteiger partial charge on any atom is 0.127 e. The Morgan fingerprint density at radius 1 is 0.871 bits per heavy atom. The minimum Gasteiger partial charge on any atom is -0.366 e. The lowest BCUT2D eigenvalue weighted by atomic mass is 9.83. The molecule has 5 heteroatoms. The van der Waals surface area contributed by atoms with Gasteiger partial charge in [0.2, 0.25) is 0 Å². The minimum absolute atomic E-state index is 0.304. The largest absolute Gasteiger partial charge is 0.366 e. The van der Waals surface area contributed by atoms with E-state index in [0.29, 0.717) is 17.9 Å². The second-order valence-corrected chi connectivity index (χ2v) is 7.64. The Labute approximate surface area is 180 Å². The van der Waals surface area contributed by atoms with Crippen LogP contribution in [0.5, 0.6) is 0 Å². The van der Waals surface area contributed by atoms with Gasteiger partial charge in [0.1, 0.15) is 17.5 Å². The predicted octanol–water partition coefficient (Wildman–Crippen LogP) is 6.16. The highest BCUT2D eigenvalue weighted by Crippen LogP contribution is 2.36. The maximum atomic E-state index is 14.9. The molecule has 31 heavy (non-hydrogen) atoms. The summed E-state index contributed by atoms with van der Waals surface area (Å²) in [6.07, 6.45) is 5.25. The summed E-state index contributed by atoms with van der Waals surface area (Å²) >= 11 is 0. The van der Waals surface area contributed by atoms with Crippen LogP contribution in [0.2, 0.25) is 0 Å². The third kappa shape index (κ3) is 4.77. The van der Waals surface area contributed by atoms with E-state index in [9.17, 15) is 8.78 Å². The highest BCUT2D eigenvalue weighted by molar-refractivity contribution is 5.51. The summed E-state index contributed by atoms with van der Waals surface area (Å²) < 4.78 is 29.0. The summed E-state index contributed by atoms with van der Waals surface area (Å²) in [5.74, 6) is -0.683. The quantitative estimate of drug-likeness (QED) is 0.410. The normalized spacial score (nSPS) is 11.9. The van der Waals surface area contributed by atoms with Gasteiger partial charge < -0.3 is 5.32 Å². The van der Waals surface area contributed by atoms with Crippen LogP contribution in [0.1, 0.15) is 39.3 Å². The number of aryl methyl sites for hydroxylation is 2. The number of aromatic nitrogens is 2. The van der Waals surface area contributed by atoms with Crippen LogP contribution in [0.4, 0.5) is 14.6 Å².